The summed E-state index contributed by atoms with van der Waals surface area (Å²) in [5.74, 6) is 0.609. The molecule has 2 rings (SSSR count). The lowest BCUT2D eigenvalue weighted by atomic mass is 10.0. The molecule has 1 fully saturated rings. The second-order valence-corrected chi connectivity index (χ2v) is 4.41. The van der Waals surface area contributed by atoms with Crippen LogP contribution in [0.4, 0.5) is 4.79 Å². The first kappa shape index (κ1) is 11.9. The smallest absolute Gasteiger partial charge is 0.333 e. The third kappa shape index (κ3) is 3.75. The van der Waals surface area contributed by atoms with Gasteiger partial charge in [0.25, 0.3) is 0 Å². The first-order valence-electron chi connectivity index (χ1n) is 5.93. The molecule has 1 aromatic rings. The van der Waals surface area contributed by atoms with E-state index in [2.05, 4.69) is 27.8 Å². The average molecular weight is 234 g/mol. The van der Waals surface area contributed by atoms with Crippen molar-refractivity contribution in [2.45, 2.75) is 25.3 Å². The summed E-state index contributed by atoms with van der Waals surface area (Å²) in [5.41, 5.74) is 3.55. The van der Waals surface area contributed by atoms with Crippen molar-refractivity contribution < 1.29 is 9.63 Å². The highest BCUT2D eigenvalue weighted by Crippen LogP contribution is 2.34. The van der Waals surface area contributed by atoms with Crippen LogP contribution in [0.5, 0.6) is 0 Å². The van der Waals surface area contributed by atoms with Gasteiger partial charge in [-0.1, -0.05) is 30.3 Å². The topological polar surface area (TPSA) is 50.4 Å². The normalized spacial score (nSPS) is 16.3. The van der Waals surface area contributed by atoms with Crippen LogP contribution in [0.2, 0.25) is 0 Å². The molecule has 92 valence electrons. The van der Waals surface area contributed by atoms with Gasteiger partial charge >= 0.3 is 6.03 Å². The lowest BCUT2D eigenvalue weighted by Crippen LogP contribution is -2.43. The quantitative estimate of drug-likeness (QED) is 0.764. The summed E-state index contributed by atoms with van der Waals surface area (Å²) < 4.78 is 0. The van der Waals surface area contributed by atoms with Crippen LogP contribution in [0, 0.1) is 5.92 Å². The van der Waals surface area contributed by atoms with Gasteiger partial charge in [-0.3, -0.25) is 4.84 Å². The molecule has 0 unspecified atom stereocenters. The van der Waals surface area contributed by atoms with Crippen LogP contribution in [0.15, 0.2) is 30.3 Å². The first-order valence-corrected chi connectivity index (χ1v) is 5.93. The van der Waals surface area contributed by atoms with E-state index in [1.807, 2.05) is 18.2 Å². The van der Waals surface area contributed by atoms with Crippen LogP contribution in [0.25, 0.3) is 0 Å². The molecule has 0 aliphatic heterocycles. The van der Waals surface area contributed by atoms with E-state index in [9.17, 15) is 4.79 Å². The minimum Gasteiger partial charge on any atom is -0.333 e. The van der Waals surface area contributed by atoms with Crippen molar-refractivity contribution in [2.75, 3.05) is 7.11 Å². The Hall–Kier alpha value is -1.55. The molecule has 1 aromatic carbocycles. The maximum absolute atomic E-state index is 11.4. The molecule has 1 aliphatic carbocycles. The summed E-state index contributed by atoms with van der Waals surface area (Å²) in [5, 5.41) is 2.95. The van der Waals surface area contributed by atoms with Gasteiger partial charge in [0.05, 0.1) is 7.11 Å². The number of carbonyl (C=O) groups excluding carboxylic acids is 1. The molecule has 2 amide bonds. The molecule has 0 bridgehead atoms. The molecule has 0 radical (unpaired) electrons. The molecule has 0 saturated heterocycles. The van der Waals surface area contributed by atoms with Gasteiger partial charge < -0.3 is 5.32 Å². The Kier molecular flexibility index (Phi) is 3.98. The van der Waals surface area contributed by atoms with Gasteiger partial charge in [0.15, 0.2) is 0 Å². The molecule has 17 heavy (non-hydrogen) atoms. The number of nitrogens with one attached hydrogen (secondary N) is 2. The summed E-state index contributed by atoms with van der Waals surface area (Å²) in [7, 11) is 1.43. The largest absolute Gasteiger partial charge is 0.338 e. The lowest BCUT2D eigenvalue weighted by molar-refractivity contribution is 0.105. The highest BCUT2D eigenvalue weighted by Gasteiger charge is 2.32. The number of benzene rings is 1. The van der Waals surface area contributed by atoms with Crippen molar-refractivity contribution in [3.63, 3.8) is 0 Å². The van der Waals surface area contributed by atoms with E-state index >= 15 is 0 Å². The van der Waals surface area contributed by atoms with Crippen molar-refractivity contribution in [3.05, 3.63) is 35.9 Å². The van der Waals surface area contributed by atoms with E-state index in [0.717, 1.165) is 6.42 Å². The maximum atomic E-state index is 11.4. The van der Waals surface area contributed by atoms with Crippen molar-refractivity contribution in [1.29, 1.82) is 0 Å². The first-order chi connectivity index (χ1) is 8.29. The average Bonchev–Trinajstić information content (AvgIpc) is 3.14. The van der Waals surface area contributed by atoms with E-state index < -0.39 is 0 Å². The lowest BCUT2D eigenvalue weighted by Gasteiger charge is -2.18. The second kappa shape index (κ2) is 5.68. The van der Waals surface area contributed by atoms with Crippen molar-refractivity contribution in [1.82, 2.24) is 10.8 Å². The maximum Gasteiger partial charge on any atom is 0.338 e. The Bertz CT molecular complexity index is 363. The number of hydroxylamine groups is 1. The zero-order valence-corrected chi connectivity index (χ0v) is 9.98. The Labute approximate surface area is 101 Å². The number of rotatable bonds is 5. The van der Waals surface area contributed by atoms with Crippen molar-refractivity contribution >= 4 is 6.03 Å². The van der Waals surface area contributed by atoms with Crippen LogP contribution < -0.4 is 10.8 Å². The molecule has 0 spiro atoms. The molecule has 1 atom stereocenters. The van der Waals surface area contributed by atoms with Gasteiger partial charge in [0.2, 0.25) is 0 Å². The van der Waals surface area contributed by atoms with Gasteiger partial charge in [-0.05, 0) is 30.7 Å². The molecule has 1 aliphatic rings. The summed E-state index contributed by atoms with van der Waals surface area (Å²) >= 11 is 0. The van der Waals surface area contributed by atoms with Gasteiger partial charge in [-0.25, -0.2) is 10.3 Å². The van der Waals surface area contributed by atoms with Crippen LogP contribution in [-0.2, 0) is 11.3 Å². The molecule has 4 heteroatoms. The SMILES string of the molecule is CONC(=O)N[C@@H](Cc1ccccc1)C1CC1. The minimum atomic E-state index is -0.264. The fourth-order valence-electron chi connectivity index (χ4n) is 1.99. The summed E-state index contributed by atoms with van der Waals surface area (Å²) in [4.78, 5) is 16.0. The van der Waals surface area contributed by atoms with Crippen molar-refractivity contribution in [2.24, 2.45) is 5.92 Å². The number of hydrogen-bond donors (Lipinski definition) is 2. The summed E-state index contributed by atoms with van der Waals surface area (Å²) in [6, 6.07) is 10.2. The van der Waals surface area contributed by atoms with Crippen LogP contribution in [0.1, 0.15) is 18.4 Å². The van der Waals surface area contributed by atoms with E-state index in [-0.39, 0.29) is 12.1 Å². The molecule has 1 saturated carbocycles. The second-order valence-electron chi connectivity index (χ2n) is 4.41. The third-order valence-corrected chi connectivity index (χ3v) is 3.00. The van der Waals surface area contributed by atoms with E-state index in [1.54, 1.807) is 0 Å². The van der Waals surface area contributed by atoms with Gasteiger partial charge in [0.1, 0.15) is 0 Å². The van der Waals surface area contributed by atoms with E-state index in [0.29, 0.717) is 5.92 Å². The molecular formula is C13H18N2O2. The molecular weight excluding hydrogens is 216 g/mol. The third-order valence-electron chi connectivity index (χ3n) is 3.00. The number of urea groups is 1. The monoisotopic (exact) mass is 234 g/mol. The van der Waals surface area contributed by atoms with E-state index in [1.165, 1.54) is 25.5 Å². The summed E-state index contributed by atoms with van der Waals surface area (Å²) in [6.45, 7) is 0. The predicted octanol–water partition coefficient (Wildman–Crippen LogP) is 1.87. The molecule has 4 nitrogen and oxygen atoms in total. The van der Waals surface area contributed by atoms with Gasteiger partial charge in [-0.2, -0.15) is 0 Å². The predicted molar refractivity (Wildman–Crippen MR) is 65.3 cm³/mol. The molecule has 2 N–H and O–H groups in total. The highest BCUT2D eigenvalue weighted by molar-refractivity contribution is 5.73. The Morgan fingerprint density at radius 3 is 2.71 bits per heavy atom. The summed E-state index contributed by atoms with van der Waals surface area (Å²) in [6.07, 6.45) is 3.28. The van der Waals surface area contributed by atoms with Crippen LogP contribution >= 0.6 is 0 Å². The zero-order chi connectivity index (χ0) is 12.1. The fourth-order valence-corrected chi connectivity index (χ4v) is 1.99. The standard InChI is InChI=1S/C13H18N2O2/c1-17-15-13(16)14-12(11-7-8-11)9-10-5-3-2-4-6-10/h2-6,11-12H,7-9H2,1H3,(H2,14,15,16)/t12-/m0/s1. The fraction of sp³-hybridized carbons (Fsp3) is 0.462. The van der Waals surface area contributed by atoms with Gasteiger partial charge in [-0.15, -0.1) is 0 Å². The molecule has 0 heterocycles. The van der Waals surface area contributed by atoms with E-state index in [4.69, 9.17) is 0 Å². The highest BCUT2D eigenvalue weighted by atomic mass is 16.6. The molecule has 0 aromatic heterocycles. The van der Waals surface area contributed by atoms with Crippen molar-refractivity contribution in [3.8, 4) is 0 Å². The van der Waals surface area contributed by atoms with Crippen LogP contribution in [0.3, 0.4) is 0 Å². The minimum absolute atomic E-state index is 0.201. The van der Waals surface area contributed by atoms with Gasteiger partial charge in [0, 0.05) is 6.04 Å². The number of amides is 2. The van der Waals surface area contributed by atoms with Crippen LogP contribution in [-0.4, -0.2) is 19.2 Å². The Morgan fingerprint density at radius 1 is 1.41 bits per heavy atom. The number of carbonyl (C=O) groups is 1. The zero-order valence-electron chi connectivity index (χ0n) is 9.98. The number of hydrogen-bond acceptors (Lipinski definition) is 2. The Morgan fingerprint density at radius 2 is 2.12 bits per heavy atom. The Balaban J connectivity index is 1.91.